The Morgan fingerprint density at radius 1 is 1.14 bits per heavy atom. The van der Waals surface area contributed by atoms with E-state index in [-0.39, 0.29) is 0 Å². The normalized spacial score (nSPS) is 13.1. The van der Waals surface area contributed by atoms with Crippen molar-refractivity contribution in [3.8, 4) is 0 Å². The van der Waals surface area contributed by atoms with E-state index in [1.165, 1.54) is 0 Å². The van der Waals surface area contributed by atoms with Gasteiger partial charge in [-0.3, -0.25) is 4.79 Å². The monoisotopic (exact) mass is 360 g/mol. The van der Waals surface area contributed by atoms with Crippen LogP contribution in [0.5, 0.6) is 0 Å². The minimum atomic E-state index is -0.776. The van der Waals surface area contributed by atoms with Crippen molar-refractivity contribution >= 4 is 43.8 Å². The van der Waals surface area contributed by atoms with Crippen LogP contribution in [0.15, 0.2) is 45.3 Å². The summed E-state index contributed by atoms with van der Waals surface area (Å²) in [5.41, 5.74) is 2.42. The molecule has 0 spiro atoms. The van der Waals surface area contributed by atoms with E-state index in [2.05, 4.69) is 15.9 Å². The topological polar surface area (TPSA) is 50.4 Å². The number of carbonyl (C=O) groups is 1. The molecule has 1 unspecified atom stereocenters. The first-order chi connectivity index (χ1) is 10.5. The van der Waals surface area contributed by atoms with Gasteiger partial charge in [0, 0.05) is 15.2 Å². The number of hydrogen-bond acceptors (Lipinski definition) is 2. The van der Waals surface area contributed by atoms with Gasteiger partial charge in [0.15, 0.2) is 0 Å². The summed E-state index contributed by atoms with van der Waals surface area (Å²) >= 11 is 3.47. The van der Waals surface area contributed by atoms with Crippen LogP contribution in [0, 0.1) is 5.92 Å². The minimum Gasteiger partial charge on any atom is -0.481 e. The fourth-order valence-electron chi connectivity index (χ4n) is 2.83. The highest BCUT2D eigenvalue weighted by Gasteiger charge is 2.22. The van der Waals surface area contributed by atoms with E-state index in [9.17, 15) is 9.90 Å². The number of carboxylic acid groups (broad SMARTS) is 1. The second-order valence-corrected chi connectivity index (χ2v) is 6.93. The lowest BCUT2D eigenvalue weighted by Gasteiger charge is -2.15. The van der Waals surface area contributed by atoms with E-state index in [1.807, 2.05) is 50.2 Å². The highest BCUT2D eigenvalue weighted by molar-refractivity contribution is 9.10. The van der Waals surface area contributed by atoms with E-state index in [0.29, 0.717) is 12.3 Å². The number of benzene rings is 2. The van der Waals surface area contributed by atoms with Gasteiger partial charge in [-0.2, -0.15) is 0 Å². The van der Waals surface area contributed by atoms with Crippen molar-refractivity contribution in [2.75, 3.05) is 0 Å². The maximum Gasteiger partial charge on any atom is 0.310 e. The van der Waals surface area contributed by atoms with Crippen molar-refractivity contribution in [1.29, 1.82) is 0 Å². The van der Waals surface area contributed by atoms with Crippen LogP contribution in [-0.4, -0.2) is 11.1 Å². The van der Waals surface area contributed by atoms with Gasteiger partial charge in [0.25, 0.3) is 0 Å². The van der Waals surface area contributed by atoms with Crippen LogP contribution in [0.1, 0.15) is 31.7 Å². The molecule has 0 aliphatic heterocycles. The molecule has 1 heterocycles. The number of halogens is 1. The zero-order valence-electron chi connectivity index (χ0n) is 12.5. The molecule has 3 rings (SSSR count). The third-order valence-electron chi connectivity index (χ3n) is 3.86. The largest absolute Gasteiger partial charge is 0.481 e. The van der Waals surface area contributed by atoms with Crippen molar-refractivity contribution in [3.63, 3.8) is 0 Å². The average Bonchev–Trinajstić information content (AvgIpc) is 2.81. The van der Waals surface area contributed by atoms with Crippen LogP contribution in [-0.2, 0) is 4.79 Å². The number of furan rings is 1. The number of aliphatic carboxylic acids is 1. The number of hydrogen-bond donors (Lipinski definition) is 1. The molecule has 1 aromatic heterocycles. The van der Waals surface area contributed by atoms with Crippen molar-refractivity contribution in [2.24, 2.45) is 5.92 Å². The van der Waals surface area contributed by atoms with Crippen molar-refractivity contribution in [1.82, 2.24) is 0 Å². The smallest absolute Gasteiger partial charge is 0.310 e. The van der Waals surface area contributed by atoms with Gasteiger partial charge in [0.1, 0.15) is 11.2 Å². The second-order valence-electron chi connectivity index (χ2n) is 6.02. The van der Waals surface area contributed by atoms with Crippen LogP contribution >= 0.6 is 15.9 Å². The molecule has 0 saturated heterocycles. The summed E-state index contributed by atoms with van der Waals surface area (Å²) in [6.07, 6.45) is 0.625. The van der Waals surface area contributed by atoms with Gasteiger partial charge in [0.05, 0.1) is 5.92 Å². The third kappa shape index (κ3) is 2.75. The lowest BCUT2D eigenvalue weighted by molar-refractivity contribution is -0.139. The molecule has 0 bridgehead atoms. The molecule has 4 heteroatoms. The Kier molecular flexibility index (Phi) is 3.96. The molecule has 0 radical (unpaired) electrons. The van der Waals surface area contributed by atoms with Gasteiger partial charge in [0.2, 0.25) is 0 Å². The molecule has 22 heavy (non-hydrogen) atoms. The van der Waals surface area contributed by atoms with Crippen LogP contribution in [0.2, 0.25) is 0 Å². The molecule has 0 aliphatic rings. The Morgan fingerprint density at radius 2 is 1.77 bits per heavy atom. The summed E-state index contributed by atoms with van der Waals surface area (Å²) in [5, 5.41) is 11.5. The van der Waals surface area contributed by atoms with E-state index >= 15 is 0 Å². The first-order valence-electron chi connectivity index (χ1n) is 7.30. The standard InChI is InChI=1S/C18H17BrO3/c1-10(2)7-13(18(20)21)11-3-5-16-14(8-11)15-9-12(19)4-6-17(15)22-16/h3-6,8-10,13H,7H2,1-2H3,(H,20,21). The molecule has 3 aromatic rings. The Hall–Kier alpha value is -1.81. The number of carboxylic acids is 1. The van der Waals surface area contributed by atoms with Gasteiger partial charge in [-0.05, 0) is 48.2 Å². The number of fused-ring (bicyclic) bond motifs is 3. The highest BCUT2D eigenvalue weighted by Crippen LogP contribution is 2.34. The van der Waals surface area contributed by atoms with Gasteiger partial charge in [-0.25, -0.2) is 0 Å². The van der Waals surface area contributed by atoms with Crippen molar-refractivity contribution < 1.29 is 14.3 Å². The highest BCUT2D eigenvalue weighted by atomic mass is 79.9. The quantitative estimate of drug-likeness (QED) is 0.662. The molecule has 114 valence electrons. The van der Waals surface area contributed by atoms with E-state index in [1.54, 1.807) is 0 Å². The SMILES string of the molecule is CC(C)CC(C(=O)O)c1ccc2oc3ccc(Br)cc3c2c1. The molecule has 0 fully saturated rings. The maximum absolute atomic E-state index is 11.6. The summed E-state index contributed by atoms with van der Waals surface area (Å²) in [6.45, 7) is 4.08. The van der Waals surface area contributed by atoms with Gasteiger partial charge in [-0.1, -0.05) is 35.8 Å². The Labute approximate surface area is 137 Å². The minimum absolute atomic E-state index is 0.326. The van der Waals surface area contributed by atoms with E-state index in [0.717, 1.165) is 32.0 Å². The van der Waals surface area contributed by atoms with Gasteiger partial charge >= 0.3 is 5.97 Å². The molecular formula is C18H17BrO3. The third-order valence-corrected chi connectivity index (χ3v) is 4.36. The Balaban J connectivity index is 2.17. The maximum atomic E-state index is 11.6. The molecule has 2 aromatic carbocycles. The van der Waals surface area contributed by atoms with Gasteiger partial charge in [-0.15, -0.1) is 0 Å². The lowest BCUT2D eigenvalue weighted by Crippen LogP contribution is -2.13. The second kappa shape index (κ2) is 5.76. The predicted octanol–water partition coefficient (Wildman–Crippen LogP) is 5.56. The summed E-state index contributed by atoms with van der Waals surface area (Å²) in [4.78, 5) is 11.6. The summed E-state index contributed by atoms with van der Waals surface area (Å²) < 4.78 is 6.79. The molecule has 0 saturated carbocycles. The summed E-state index contributed by atoms with van der Waals surface area (Å²) in [7, 11) is 0. The fourth-order valence-corrected chi connectivity index (χ4v) is 3.20. The van der Waals surface area contributed by atoms with E-state index < -0.39 is 11.9 Å². The first-order valence-corrected chi connectivity index (χ1v) is 8.09. The van der Waals surface area contributed by atoms with Crippen LogP contribution in [0.25, 0.3) is 21.9 Å². The Morgan fingerprint density at radius 3 is 2.41 bits per heavy atom. The van der Waals surface area contributed by atoms with Crippen LogP contribution < -0.4 is 0 Å². The molecule has 1 atom stereocenters. The average molecular weight is 361 g/mol. The van der Waals surface area contributed by atoms with Crippen molar-refractivity contribution in [3.05, 3.63) is 46.4 Å². The Bertz CT molecular complexity index is 848. The number of rotatable bonds is 4. The predicted molar refractivity (Wildman–Crippen MR) is 91.3 cm³/mol. The molecular weight excluding hydrogens is 344 g/mol. The summed E-state index contributed by atoms with van der Waals surface area (Å²) in [6, 6.07) is 11.5. The van der Waals surface area contributed by atoms with Crippen LogP contribution in [0.4, 0.5) is 0 Å². The molecule has 0 amide bonds. The molecule has 0 aliphatic carbocycles. The zero-order chi connectivity index (χ0) is 15.9. The first kappa shape index (κ1) is 15.1. The zero-order valence-corrected chi connectivity index (χ0v) is 14.1. The molecule has 3 nitrogen and oxygen atoms in total. The van der Waals surface area contributed by atoms with Crippen molar-refractivity contribution in [2.45, 2.75) is 26.2 Å². The molecule has 1 N–H and O–H groups in total. The van der Waals surface area contributed by atoms with Gasteiger partial charge < -0.3 is 9.52 Å². The van der Waals surface area contributed by atoms with E-state index in [4.69, 9.17) is 4.42 Å². The summed E-state index contributed by atoms with van der Waals surface area (Å²) in [5.74, 6) is -0.935. The van der Waals surface area contributed by atoms with Crippen LogP contribution in [0.3, 0.4) is 0 Å². The lowest BCUT2D eigenvalue weighted by atomic mass is 9.89. The fraction of sp³-hybridized carbons (Fsp3) is 0.278.